The maximum absolute atomic E-state index is 14.5. The lowest BCUT2D eigenvalue weighted by atomic mass is 9.71. The highest BCUT2D eigenvalue weighted by molar-refractivity contribution is 4.97. The molecular formula is C12H22FN. The summed E-state index contributed by atoms with van der Waals surface area (Å²) in [6.45, 7) is 2.83. The third-order valence-corrected chi connectivity index (χ3v) is 4.15. The molecule has 14 heavy (non-hydrogen) atoms. The van der Waals surface area contributed by atoms with Crippen molar-refractivity contribution in [3.8, 4) is 0 Å². The van der Waals surface area contributed by atoms with E-state index in [4.69, 9.17) is 0 Å². The molecule has 1 N–H and O–H groups in total. The number of hydrogen-bond acceptors (Lipinski definition) is 1. The molecule has 0 spiro atoms. The summed E-state index contributed by atoms with van der Waals surface area (Å²) in [5, 5.41) is 3.40. The minimum absolute atomic E-state index is 0.121. The molecular weight excluding hydrogens is 177 g/mol. The summed E-state index contributed by atoms with van der Waals surface area (Å²) in [5.74, 6) is 0.332. The number of alkyl halides is 1. The number of halogens is 1. The van der Waals surface area contributed by atoms with E-state index in [-0.39, 0.29) is 6.04 Å². The second-order valence-electron chi connectivity index (χ2n) is 5.14. The average molecular weight is 199 g/mol. The zero-order chi connectivity index (χ0) is 10.0. The Hall–Kier alpha value is -0.110. The van der Waals surface area contributed by atoms with Crippen LogP contribution in [0.15, 0.2) is 0 Å². The Balaban J connectivity index is 1.95. The molecule has 0 amide bonds. The highest BCUT2D eigenvalue weighted by atomic mass is 19.1. The van der Waals surface area contributed by atoms with E-state index in [2.05, 4.69) is 5.32 Å². The zero-order valence-electron chi connectivity index (χ0n) is 9.19. The largest absolute Gasteiger partial charge is 0.311 e. The van der Waals surface area contributed by atoms with Crippen molar-refractivity contribution in [3.05, 3.63) is 0 Å². The second-order valence-corrected chi connectivity index (χ2v) is 5.14. The van der Waals surface area contributed by atoms with Crippen LogP contribution in [-0.2, 0) is 0 Å². The van der Waals surface area contributed by atoms with Gasteiger partial charge in [0.15, 0.2) is 0 Å². The summed E-state index contributed by atoms with van der Waals surface area (Å²) in [5.41, 5.74) is -0.956. The van der Waals surface area contributed by atoms with Crippen LogP contribution in [0.2, 0.25) is 0 Å². The molecule has 0 aromatic carbocycles. The van der Waals surface area contributed by atoms with Crippen molar-refractivity contribution in [2.75, 3.05) is 6.54 Å². The van der Waals surface area contributed by atoms with E-state index in [1.807, 2.05) is 6.92 Å². The lowest BCUT2D eigenvalue weighted by Gasteiger charge is -2.42. The van der Waals surface area contributed by atoms with Crippen molar-refractivity contribution in [1.29, 1.82) is 0 Å². The predicted molar refractivity (Wildman–Crippen MR) is 57.1 cm³/mol. The molecule has 1 aliphatic carbocycles. The summed E-state index contributed by atoms with van der Waals surface area (Å²) < 4.78 is 14.5. The smallest absolute Gasteiger partial charge is 0.126 e. The standard InChI is InChI=1S/C12H22FN/c1-12(13,10-6-5-7-10)11-8-3-2-4-9-14-11/h10-11,14H,2-9H2,1H3. The molecule has 0 aromatic rings. The minimum Gasteiger partial charge on any atom is -0.311 e. The van der Waals surface area contributed by atoms with Crippen LogP contribution in [0.25, 0.3) is 0 Å². The van der Waals surface area contributed by atoms with Gasteiger partial charge in [-0.05, 0) is 45.1 Å². The van der Waals surface area contributed by atoms with Crippen molar-refractivity contribution in [2.24, 2.45) is 5.92 Å². The van der Waals surface area contributed by atoms with Gasteiger partial charge in [0.05, 0.1) is 0 Å². The summed E-state index contributed by atoms with van der Waals surface area (Å²) in [6, 6.07) is 0.121. The highest BCUT2D eigenvalue weighted by Gasteiger charge is 2.44. The Bertz CT molecular complexity index is 179. The first-order valence-electron chi connectivity index (χ1n) is 6.13. The molecule has 2 atom stereocenters. The predicted octanol–water partition coefficient (Wildman–Crippen LogP) is 3.05. The fourth-order valence-corrected chi connectivity index (χ4v) is 2.77. The van der Waals surface area contributed by atoms with E-state index in [0.717, 1.165) is 25.8 Å². The summed E-state index contributed by atoms with van der Waals surface area (Å²) in [4.78, 5) is 0. The van der Waals surface area contributed by atoms with Gasteiger partial charge in [-0.1, -0.05) is 19.3 Å². The Kier molecular flexibility index (Phi) is 3.10. The Morgan fingerprint density at radius 2 is 1.86 bits per heavy atom. The van der Waals surface area contributed by atoms with Gasteiger partial charge in [-0.3, -0.25) is 0 Å². The molecule has 1 heterocycles. The van der Waals surface area contributed by atoms with Crippen LogP contribution in [0.3, 0.4) is 0 Å². The topological polar surface area (TPSA) is 12.0 Å². The summed E-state index contributed by atoms with van der Waals surface area (Å²) in [6.07, 6.45) is 8.15. The highest BCUT2D eigenvalue weighted by Crippen LogP contribution is 2.41. The van der Waals surface area contributed by atoms with Crippen LogP contribution in [0.5, 0.6) is 0 Å². The van der Waals surface area contributed by atoms with Crippen molar-refractivity contribution in [1.82, 2.24) is 5.32 Å². The van der Waals surface area contributed by atoms with Crippen molar-refractivity contribution in [3.63, 3.8) is 0 Å². The molecule has 2 aliphatic rings. The van der Waals surface area contributed by atoms with E-state index in [9.17, 15) is 4.39 Å². The molecule has 2 unspecified atom stereocenters. The molecule has 1 nitrogen and oxygen atoms in total. The molecule has 2 rings (SSSR count). The first-order valence-corrected chi connectivity index (χ1v) is 6.13. The van der Waals surface area contributed by atoms with Gasteiger partial charge in [-0.25, -0.2) is 4.39 Å². The zero-order valence-corrected chi connectivity index (χ0v) is 9.19. The van der Waals surface area contributed by atoms with E-state index < -0.39 is 5.67 Å². The summed E-state index contributed by atoms with van der Waals surface area (Å²) >= 11 is 0. The van der Waals surface area contributed by atoms with Crippen LogP contribution in [-0.4, -0.2) is 18.3 Å². The van der Waals surface area contributed by atoms with Gasteiger partial charge in [0.25, 0.3) is 0 Å². The SMILES string of the molecule is CC(F)(C1CCC1)C1CCCCCN1. The molecule has 1 saturated heterocycles. The van der Waals surface area contributed by atoms with Crippen LogP contribution >= 0.6 is 0 Å². The molecule has 1 saturated carbocycles. The molecule has 82 valence electrons. The van der Waals surface area contributed by atoms with Gasteiger partial charge >= 0.3 is 0 Å². The Morgan fingerprint density at radius 3 is 2.50 bits per heavy atom. The van der Waals surface area contributed by atoms with Gasteiger partial charge in [-0.2, -0.15) is 0 Å². The Morgan fingerprint density at radius 1 is 1.07 bits per heavy atom. The van der Waals surface area contributed by atoms with Crippen LogP contribution < -0.4 is 5.32 Å². The lowest BCUT2D eigenvalue weighted by molar-refractivity contribution is 0.0116. The average Bonchev–Trinajstić information content (AvgIpc) is 2.26. The molecule has 2 heteroatoms. The van der Waals surface area contributed by atoms with E-state index in [1.54, 1.807) is 0 Å². The van der Waals surface area contributed by atoms with Crippen molar-refractivity contribution in [2.45, 2.75) is 63.6 Å². The third-order valence-electron chi connectivity index (χ3n) is 4.15. The number of hydrogen-bond donors (Lipinski definition) is 1. The van der Waals surface area contributed by atoms with E-state index in [1.165, 1.54) is 25.7 Å². The quantitative estimate of drug-likeness (QED) is 0.720. The lowest BCUT2D eigenvalue weighted by Crippen LogP contribution is -2.51. The maximum Gasteiger partial charge on any atom is 0.126 e. The number of nitrogens with one attached hydrogen (secondary N) is 1. The Labute approximate surface area is 86.5 Å². The normalized spacial score (nSPS) is 34.3. The van der Waals surface area contributed by atoms with Crippen LogP contribution in [0.1, 0.15) is 51.9 Å². The first-order chi connectivity index (χ1) is 6.71. The van der Waals surface area contributed by atoms with Crippen LogP contribution in [0.4, 0.5) is 4.39 Å². The van der Waals surface area contributed by atoms with Gasteiger partial charge in [0.2, 0.25) is 0 Å². The summed E-state index contributed by atoms with van der Waals surface area (Å²) in [7, 11) is 0. The molecule has 1 aliphatic heterocycles. The van der Waals surface area contributed by atoms with Gasteiger partial charge < -0.3 is 5.32 Å². The molecule has 0 bridgehead atoms. The van der Waals surface area contributed by atoms with Gasteiger partial charge in [-0.15, -0.1) is 0 Å². The minimum atomic E-state index is -0.956. The van der Waals surface area contributed by atoms with Crippen LogP contribution in [0, 0.1) is 5.92 Å². The van der Waals surface area contributed by atoms with E-state index >= 15 is 0 Å². The van der Waals surface area contributed by atoms with Gasteiger partial charge in [0, 0.05) is 6.04 Å². The maximum atomic E-state index is 14.5. The van der Waals surface area contributed by atoms with Gasteiger partial charge in [0.1, 0.15) is 5.67 Å². The first kappa shape index (κ1) is 10.4. The molecule has 0 radical (unpaired) electrons. The second kappa shape index (κ2) is 4.18. The fourth-order valence-electron chi connectivity index (χ4n) is 2.77. The number of rotatable bonds is 2. The van der Waals surface area contributed by atoms with Crippen molar-refractivity contribution < 1.29 is 4.39 Å². The van der Waals surface area contributed by atoms with E-state index in [0.29, 0.717) is 5.92 Å². The third kappa shape index (κ3) is 1.95. The molecule has 0 aromatic heterocycles. The fraction of sp³-hybridized carbons (Fsp3) is 1.00. The molecule has 2 fully saturated rings. The monoisotopic (exact) mass is 199 g/mol. The van der Waals surface area contributed by atoms with Crippen molar-refractivity contribution >= 4 is 0 Å².